The summed E-state index contributed by atoms with van der Waals surface area (Å²) in [6.07, 6.45) is 3.21. The molecule has 2 atom stereocenters. The van der Waals surface area contributed by atoms with Gasteiger partial charge in [-0.15, -0.1) is 12.4 Å². The number of rotatable bonds is 6. The minimum absolute atomic E-state index is 0. The van der Waals surface area contributed by atoms with Crippen molar-refractivity contribution in [1.82, 2.24) is 4.90 Å². The van der Waals surface area contributed by atoms with Crippen LogP contribution in [0.1, 0.15) is 33.1 Å². The van der Waals surface area contributed by atoms with Crippen LogP contribution in [0.4, 0.5) is 5.69 Å². The molecule has 1 aromatic carbocycles. The Balaban J connectivity index is 0.00000264. The SMILES string of the molecule is CC(=O)Nc1ccc(OCC(O)CN2CCCCC2C)cc1.Cl. The first-order valence-electron chi connectivity index (χ1n) is 7.97. The van der Waals surface area contributed by atoms with Crippen LogP contribution in [0.25, 0.3) is 0 Å². The third-order valence-corrected chi connectivity index (χ3v) is 4.00. The van der Waals surface area contributed by atoms with Gasteiger partial charge in [-0.3, -0.25) is 9.69 Å². The van der Waals surface area contributed by atoms with Crippen molar-refractivity contribution in [3.63, 3.8) is 0 Å². The highest BCUT2D eigenvalue weighted by atomic mass is 35.5. The van der Waals surface area contributed by atoms with E-state index in [1.54, 1.807) is 24.3 Å². The molecule has 23 heavy (non-hydrogen) atoms. The van der Waals surface area contributed by atoms with Gasteiger partial charge in [-0.25, -0.2) is 0 Å². The highest BCUT2D eigenvalue weighted by Crippen LogP contribution is 2.18. The van der Waals surface area contributed by atoms with Gasteiger partial charge in [0, 0.05) is 25.2 Å². The molecule has 6 heteroatoms. The Morgan fingerprint density at radius 1 is 1.39 bits per heavy atom. The third kappa shape index (κ3) is 6.77. The number of aliphatic hydroxyl groups excluding tert-OH is 1. The number of hydrogen-bond donors (Lipinski definition) is 2. The summed E-state index contributed by atoms with van der Waals surface area (Å²) >= 11 is 0. The number of aliphatic hydroxyl groups is 1. The molecule has 2 N–H and O–H groups in total. The van der Waals surface area contributed by atoms with Gasteiger partial charge in [-0.1, -0.05) is 6.42 Å². The summed E-state index contributed by atoms with van der Waals surface area (Å²) in [5, 5.41) is 12.8. The van der Waals surface area contributed by atoms with Crippen LogP contribution in [-0.2, 0) is 4.79 Å². The lowest BCUT2D eigenvalue weighted by Gasteiger charge is -2.34. The molecule has 0 bridgehead atoms. The maximum absolute atomic E-state index is 10.9. The van der Waals surface area contributed by atoms with Crippen LogP contribution in [0.5, 0.6) is 5.75 Å². The summed E-state index contributed by atoms with van der Waals surface area (Å²) in [7, 11) is 0. The Bertz CT molecular complexity index is 481. The molecule has 0 spiro atoms. The first kappa shape index (κ1) is 19.7. The Morgan fingerprint density at radius 2 is 2.09 bits per heavy atom. The van der Waals surface area contributed by atoms with E-state index in [4.69, 9.17) is 4.74 Å². The molecule has 1 fully saturated rings. The van der Waals surface area contributed by atoms with Crippen molar-refractivity contribution < 1.29 is 14.6 Å². The zero-order valence-electron chi connectivity index (χ0n) is 13.8. The van der Waals surface area contributed by atoms with Crippen LogP contribution < -0.4 is 10.1 Å². The van der Waals surface area contributed by atoms with E-state index >= 15 is 0 Å². The lowest BCUT2D eigenvalue weighted by molar-refractivity contribution is -0.114. The molecule has 0 aromatic heterocycles. The average Bonchev–Trinajstić information content (AvgIpc) is 2.48. The Labute approximate surface area is 144 Å². The third-order valence-electron chi connectivity index (χ3n) is 4.00. The van der Waals surface area contributed by atoms with Crippen LogP contribution in [0.15, 0.2) is 24.3 Å². The Morgan fingerprint density at radius 3 is 2.70 bits per heavy atom. The highest BCUT2D eigenvalue weighted by Gasteiger charge is 2.20. The first-order chi connectivity index (χ1) is 10.5. The smallest absolute Gasteiger partial charge is 0.221 e. The number of β-amino-alcohol motifs (C(OH)–C–C–N with tert-alkyl or cyclic N) is 1. The predicted octanol–water partition coefficient (Wildman–Crippen LogP) is 2.68. The average molecular weight is 343 g/mol. The molecule has 1 aromatic rings. The van der Waals surface area contributed by atoms with Crippen LogP contribution in [0.2, 0.25) is 0 Å². The summed E-state index contributed by atoms with van der Waals surface area (Å²) in [5.41, 5.74) is 0.738. The molecule has 2 unspecified atom stereocenters. The molecule has 2 rings (SSSR count). The van der Waals surface area contributed by atoms with E-state index in [1.165, 1.54) is 26.2 Å². The van der Waals surface area contributed by atoms with Gasteiger partial charge in [0.05, 0.1) is 0 Å². The number of likely N-dealkylation sites (tertiary alicyclic amines) is 1. The molecular weight excluding hydrogens is 316 g/mol. The summed E-state index contributed by atoms with van der Waals surface area (Å²) in [6.45, 7) is 5.69. The zero-order chi connectivity index (χ0) is 15.9. The first-order valence-corrected chi connectivity index (χ1v) is 7.97. The van der Waals surface area contributed by atoms with E-state index in [1.807, 2.05) is 0 Å². The molecule has 0 saturated carbocycles. The molecule has 1 amide bonds. The maximum atomic E-state index is 10.9. The van der Waals surface area contributed by atoms with Crippen LogP contribution in [0, 0.1) is 0 Å². The predicted molar refractivity (Wildman–Crippen MR) is 94.4 cm³/mol. The zero-order valence-corrected chi connectivity index (χ0v) is 14.6. The number of nitrogens with zero attached hydrogens (tertiary/aromatic N) is 1. The van der Waals surface area contributed by atoms with Crippen molar-refractivity contribution in [2.75, 3.05) is 25.0 Å². The second kappa shape index (κ2) is 9.75. The lowest BCUT2D eigenvalue weighted by Crippen LogP contribution is -2.43. The molecule has 5 nitrogen and oxygen atoms in total. The van der Waals surface area contributed by atoms with Gasteiger partial charge in [-0.05, 0) is 50.6 Å². The summed E-state index contributed by atoms with van der Waals surface area (Å²) < 4.78 is 5.62. The van der Waals surface area contributed by atoms with Crippen molar-refractivity contribution in [2.24, 2.45) is 0 Å². The molecule has 1 heterocycles. The molecule has 130 valence electrons. The van der Waals surface area contributed by atoms with Crippen molar-refractivity contribution >= 4 is 24.0 Å². The summed E-state index contributed by atoms with van der Waals surface area (Å²) in [4.78, 5) is 13.3. The summed E-state index contributed by atoms with van der Waals surface area (Å²) in [6, 6.07) is 7.70. The number of amides is 1. The number of anilines is 1. The minimum atomic E-state index is -0.490. The van der Waals surface area contributed by atoms with Gasteiger partial charge < -0.3 is 15.2 Å². The number of benzene rings is 1. The van der Waals surface area contributed by atoms with Gasteiger partial charge >= 0.3 is 0 Å². The van der Waals surface area contributed by atoms with Crippen molar-refractivity contribution in [1.29, 1.82) is 0 Å². The van der Waals surface area contributed by atoms with E-state index in [2.05, 4.69) is 17.1 Å². The monoisotopic (exact) mass is 342 g/mol. The van der Waals surface area contributed by atoms with E-state index in [0.717, 1.165) is 12.2 Å². The van der Waals surface area contributed by atoms with E-state index in [0.29, 0.717) is 18.3 Å². The number of carbonyl (C=O) groups excluding carboxylic acids is 1. The normalized spacial score (nSPS) is 19.5. The fraction of sp³-hybridized carbons (Fsp3) is 0.588. The van der Waals surface area contributed by atoms with Crippen LogP contribution >= 0.6 is 12.4 Å². The van der Waals surface area contributed by atoms with Crippen molar-refractivity contribution in [2.45, 2.75) is 45.3 Å². The van der Waals surface area contributed by atoms with Crippen molar-refractivity contribution in [3.8, 4) is 5.75 Å². The number of piperidine rings is 1. The molecule has 0 radical (unpaired) electrons. The number of nitrogens with one attached hydrogen (secondary N) is 1. The second-order valence-electron chi connectivity index (χ2n) is 6.01. The fourth-order valence-electron chi connectivity index (χ4n) is 2.78. The topological polar surface area (TPSA) is 61.8 Å². The quantitative estimate of drug-likeness (QED) is 0.834. The summed E-state index contributed by atoms with van der Waals surface area (Å²) in [5.74, 6) is 0.597. The van der Waals surface area contributed by atoms with Gasteiger partial charge in [0.2, 0.25) is 5.91 Å². The Hall–Kier alpha value is -1.30. The number of carbonyl (C=O) groups is 1. The largest absolute Gasteiger partial charge is 0.491 e. The standard InChI is InChI=1S/C17H26N2O3.ClH/c1-13-5-3-4-10-19(13)11-16(21)12-22-17-8-6-15(7-9-17)18-14(2)20;/h6-9,13,16,21H,3-5,10-12H2,1-2H3,(H,18,20);1H. The fourth-order valence-corrected chi connectivity index (χ4v) is 2.78. The van der Waals surface area contributed by atoms with E-state index < -0.39 is 6.10 Å². The van der Waals surface area contributed by atoms with Gasteiger partial charge in [0.1, 0.15) is 18.5 Å². The lowest BCUT2D eigenvalue weighted by atomic mass is 10.0. The van der Waals surface area contributed by atoms with Crippen LogP contribution in [-0.4, -0.2) is 47.8 Å². The molecule has 0 aliphatic carbocycles. The number of ether oxygens (including phenoxy) is 1. The number of halogens is 1. The highest BCUT2D eigenvalue weighted by molar-refractivity contribution is 5.88. The van der Waals surface area contributed by atoms with Gasteiger partial charge in [0.15, 0.2) is 0 Å². The Kier molecular flexibility index (Phi) is 8.37. The molecule has 1 aliphatic heterocycles. The molecule has 1 saturated heterocycles. The maximum Gasteiger partial charge on any atom is 0.221 e. The molecule has 1 aliphatic rings. The van der Waals surface area contributed by atoms with E-state index in [-0.39, 0.29) is 24.9 Å². The van der Waals surface area contributed by atoms with Crippen molar-refractivity contribution in [3.05, 3.63) is 24.3 Å². The minimum Gasteiger partial charge on any atom is -0.491 e. The molecular formula is C17H27ClN2O3. The van der Waals surface area contributed by atoms with E-state index in [9.17, 15) is 9.90 Å². The second-order valence-corrected chi connectivity index (χ2v) is 6.01. The van der Waals surface area contributed by atoms with Crippen LogP contribution in [0.3, 0.4) is 0 Å². The van der Waals surface area contributed by atoms with Gasteiger partial charge in [0.25, 0.3) is 0 Å². The van der Waals surface area contributed by atoms with Gasteiger partial charge in [-0.2, -0.15) is 0 Å². The number of hydrogen-bond acceptors (Lipinski definition) is 4.